The molecule has 0 aliphatic carbocycles. The van der Waals surface area contributed by atoms with Gasteiger partial charge in [0, 0.05) is 44.9 Å². The summed E-state index contributed by atoms with van der Waals surface area (Å²) in [4.78, 5) is 1.71. The molecule has 1 aromatic heterocycles. The molecule has 3 atom stereocenters. The molecule has 2 aromatic carbocycles. The molecule has 3 aromatic rings. The molecule has 1 aliphatic rings. The van der Waals surface area contributed by atoms with Crippen molar-refractivity contribution in [3.8, 4) is 0 Å². The number of aliphatic hydroxyl groups is 3. The fourth-order valence-corrected chi connectivity index (χ4v) is 4.13. The average molecular weight is 381 g/mol. The summed E-state index contributed by atoms with van der Waals surface area (Å²) in [7, 11) is 0. The second kappa shape index (κ2) is 6.43. The molecule has 1 saturated heterocycles. The van der Waals surface area contributed by atoms with E-state index < -0.39 is 18.2 Å². The number of piperidine rings is 1. The number of nitrogens with zero attached hydrogens (tertiary/aromatic N) is 2. The Labute approximate surface area is 154 Å². The predicted molar refractivity (Wildman–Crippen MR) is 99.2 cm³/mol. The lowest BCUT2D eigenvalue weighted by Gasteiger charge is -2.39. The number of β-amino-alcohol motifs (C(OH)–C–C–N with tert-alkyl or cyclic N) is 1. The van der Waals surface area contributed by atoms with Crippen LogP contribution in [0.4, 0.5) is 0 Å². The number of aromatic nitrogens is 1. The van der Waals surface area contributed by atoms with E-state index in [-0.39, 0.29) is 13.3 Å². The molecule has 0 unspecified atom stereocenters. The molecule has 0 amide bonds. The molecule has 0 radical (unpaired) electrons. The first-order valence-electron chi connectivity index (χ1n) is 8.07. The van der Waals surface area contributed by atoms with Crippen LogP contribution < -0.4 is 0 Å². The highest BCUT2D eigenvalue weighted by atomic mass is 35.5. The van der Waals surface area contributed by atoms with Crippen molar-refractivity contribution >= 4 is 45.0 Å². The molecule has 4 rings (SSSR count). The van der Waals surface area contributed by atoms with Gasteiger partial charge in [0.2, 0.25) is 0 Å². The van der Waals surface area contributed by atoms with Crippen molar-refractivity contribution < 1.29 is 15.3 Å². The van der Waals surface area contributed by atoms with Gasteiger partial charge in [-0.1, -0.05) is 23.2 Å². The van der Waals surface area contributed by atoms with E-state index in [9.17, 15) is 15.3 Å². The highest BCUT2D eigenvalue weighted by Gasteiger charge is 2.36. The normalized spacial score (nSPS) is 25.1. The van der Waals surface area contributed by atoms with Crippen molar-refractivity contribution in [2.45, 2.75) is 18.2 Å². The number of halogens is 2. The summed E-state index contributed by atoms with van der Waals surface area (Å²) in [5.41, 5.74) is 1.80. The molecule has 0 saturated carbocycles. The number of aliphatic hydroxyl groups excluding tert-OH is 3. The Bertz CT molecular complexity index is 884. The van der Waals surface area contributed by atoms with E-state index in [0.717, 1.165) is 21.8 Å². The Balaban J connectivity index is 1.99. The van der Waals surface area contributed by atoms with Crippen LogP contribution in [-0.2, 0) is 0 Å². The first-order chi connectivity index (χ1) is 12.0. The molecule has 0 spiro atoms. The second-order valence-electron chi connectivity index (χ2n) is 6.50. The van der Waals surface area contributed by atoms with E-state index in [1.165, 1.54) is 0 Å². The van der Waals surface area contributed by atoms with Crippen molar-refractivity contribution in [3.05, 3.63) is 46.4 Å². The minimum absolute atomic E-state index is 0.172. The van der Waals surface area contributed by atoms with Crippen LogP contribution >= 0.6 is 23.2 Å². The number of rotatable bonds is 2. The maximum Gasteiger partial charge on any atom is 0.103 e. The van der Waals surface area contributed by atoms with E-state index >= 15 is 0 Å². The van der Waals surface area contributed by atoms with Crippen molar-refractivity contribution in [3.63, 3.8) is 0 Å². The maximum atomic E-state index is 10.6. The molecular weight excluding hydrogens is 363 g/mol. The molecule has 5 nitrogen and oxygen atoms in total. The van der Waals surface area contributed by atoms with E-state index in [1.54, 1.807) is 17.0 Å². The van der Waals surface area contributed by atoms with Crippen LogP contribution in [0.15, 0.2) is 36.4 Å². The van der Waals surface area contributed by atoms with Gasteiger partial charge in [-0.25, -0.2) is 0 Å². The summed E-state index contributed by atoms with van der Waals surface area (Å²) in [6.07, 6.45) is -1.87. The summed E-state index contributed by atoms with van der Waals surface area (Å²) in [5.74, 6) is 0. The summed E-state index contributed by atoms with van der Waals surface area (Å²) >= 11 is 12.4. The Hall–Kier alpha value is -1.34. The number of hydrogen-bond acceptors (Lipinski definition) is 4. The minimum Gasteiger partial charge on any atom is -0.389 e. The molecule has 1 aliphatic heterocycles. The van der Waals surface area contributed by atoms with Crippen LogP contribution in [0.25, 0.3) is 21.8 Å². The van der Waals surface area contributed by atoms with Gasteiger partial charge in [0.05, 0.1) is 18.9 Å². The Morgan fingerprint density at radius 2 is 1.48 bits per heavy atom. The number of fused-ring (bicyclic) bond motifs is 3. The van der Waals surface area contributed by atoms with E-state index in [1.807, 2.05) is 28.8 Å². The van der Waals surface area contributed by atoms with Crippen LogP contribution in [0.2, 0.25) is 10.0 Å². The van der Waals surface area contributed by atoms with Crippen molar-refractivity contribution in [1.82, 2.24) is 9.47 Å². The number of likely N-dealkylation sites (tertiary alicyclic amines) is 1. The van der Waals surface area contributed by atoms with Crippen LogP contribution in [0, 0.1) is 0 Å². The Morgan fingerprint density at radius 3 is 2.00 bits per heavy atom. The van der Waals surface area contributed by atoms with Gasteiger partial charge in [-0.15, -0.1) is 0 Å². The first kappa shape index (κ1) is 17.1. The maximum absolute atomic E-state index is 10.6. The zero-order valence-corrected chi connectivity index (χ0v) is 14.8. The number of hydrogen-bond donors (Lipinski definition) is 3. The van der Waals surface area contributed by atoms with Gasteiger partial charge in [-0.2, -0.15) is 0 Å². The lowest BCUT2D eigenvalue weighted by Crippen LogP contribution is -2.53. The number of benzene rings is 2. The molecule has 1 fully saturated rings. The average Bonchev–Trinajstić information content (AvgIpc) is 2.90. The van der Waals surface area contributed by atoms with Crippen LogP contribution in [0.5, 0.6) is 0 Å². The molecule has 2 heterocycles. The van der Waals surface area contributed by atoms with Crippen molar-refractivity contribution in [2.75, 3.05) is 19.8 Å². The third-order valence-corrected chi connectivity index (χ3v) is 5.41. The SMILES string of the molecule is OCN1C[C@H](O)[C@H](O)[C@@H](n2c3ccc(Cl)cc3c3cc(Cl)ccc32)C1. The molecular formula is C18H18Cl2N2O3. The summed E-state index contributed by atoms with van der Waals surface area (Å²) in [6.45, 7) is 0.497. The topological polar surface area (TPSA) is 68.9 Å². The highest BCUT2D eigenvalue weighted by Crippen LogP contribution is 2.37. The largest absolute Gasteiger partial charge is 0.389 e. The first-order valence-corrected chi connectivity index (χ1v) is 8.83. The highest BCUT2D eigenvalue weighted by molar-refractivity contribution is 6.33. The zero-order chi connectivity index (χ0) is 17.7. The third kappa shape index (κ3) is 2.81. The van der Waals surface area contributed by atoms with Gasteiger partial charge in [0.25, 0.3) is 0 Å². The summed E-state index contributed by atoms with van der Waals surface area (Å²) < 4.78 is 2.01. The van der Waals surface area contributed by atoms with Crippen LogP contribution in [-0.4, -0.2) is 56.8 Å². The molecule has 25 heavy (non-hydrogen) atoms. The molecule has 0 bridgehead atoms. The smallest absolute Gasteiger partial charge is 0.103 e. The van der Waals surface area contributed by atoms with Crippen molar-refractivity contribution in [2.24, 2.45) is 0 Å². The minimum atomic E-state index is -0.937. The summed E-state index contributed by atoms with van der Waals surface area (Å²) in [6, 6.07) is 10.8. The lowest BCUT2D eigenvalue weighted by atomic mass is 9.99. The third-order valence-electron chi connectivity index (χ3n) is 4.94. The van der Waals surface area contributed by atoms with Crippen molar-refractivity contribution in [1.29, 1.82) is 0 Å². The fraction of sp³-hybridized carbons (Fsp3) is 0.333. The van der Waals surface area contributed by atoms with Crippen LogP contribution in [0.1, 0.15) is 6.04 Å². The molecule has 132 valence electrons. The van der Waals surface area contributed by atoms with E-state index in [2.05, 4.69) is 0 Å². The van der Waals surface area contributed by atoms with Gasteiger partial charge in [-0.3, -0.25) is 4.90 Å². The van der Waals surface area contributed by atoms with E-state index in [4.69, 9.17) is 23.2 Å². The van der Waals surface area contributed by atoms with Gasteiger partial charge in [0.15, 0.2) is 0 Å². The van der Waals surface area contributed by atoms with Gasteiger partial charge in [-0.05, 0) is 36.4 Å². The lowest BCUT2D eigenvalue weighted by molar-refractivity contribution is -0.0836. The van der Waals surface area contributed by atoms with Crippen LogP contribution in [0.3, 0.4) is 0 Å². The van der Waals surface area contributed by atoms with Gasteiger partial charge >= 0.3 is 0 Å². The standard InChI is InChI=1S/C18H18Cl2N2O3/c19-10-1-3-14-12(5-10)13-6-11(20)2-4-15(13)22(14)16-7-21(9-23)8-17(24)18(16)25/h1-6,16-18,23-25H,7-9H2/t16-,17-,18+/m0/s1. The fourth-order valence-electron chi connectivity index (χ4n) is 3.78. The Morgan fingerprint density at radius 1 is 0.920 bits per heavy atom. The second-order valence-corrected chi connectivity index (χ2v) is 7.37. The summed E-state index contributed by atoms with van der Waals surface area (Å²) in [5, 5.41) is 33.5. The van der Waals surface area contributed by atoms with Gasteiger partial charge in [0.1, 0.15) is 6.10 Å². The van der Waals surface area contributed by atoms with Gasteiger partial charge < -0.3 is 19.9 Å². The zero-order valence-electron chi connectivity index (χ0n) is 13.3. The predicted octanol–water partition coefficient (Wildman–Crippen LogP) is 2.63. The monoisotopic (exact) mass is 380 g/mol. The molecule has 7 heteroatoms. The molecule has 3 N–H and O–H groups in total. The quantitative estimate of drug-likeness (QED) is 0.639. The Kier molecular flexibility index (Phi) is 4.40. The van der Waals surface area contributed by atoms with E-state index in [0.29, 0.717) is 16.6 Å².